The lowest BCUT2D eigenvalue weighted by atomic mass is 9.84. The highest BCUT2D eigenvalue weighted by atomic mass is 19.4. The minimum absolute atomic E-state index is 0.0163. The van der Waals surface area contributed by atoms with Crippen LogP contribution in [0, 0.1) is 11.8 Å². The minimum Gasteiger partial charge on any atom is -0.465 e. The number of unbranched alkanes of at least 4 members (excludes halogenated alkanes) is 14. The molecule has 0 aromatic carbocycles. The quantitative estimate of drug-likeness (QED) is 0.0147. The van der Waals surface area contributed by atoms with Crippen LogP contribution in [0.5, 0.6) is 0 Å². The highest BCUT2D eigenvalue weighted by Crippen LogP contribution is 2.40. The number of carbonyl (C=O) groups excluding carboxylic acids is 3. The molecule has 0 aliphatic carbocycles. The Morgan fingerprint density at radius 3 is 1.64 bits per heavy atom. The first-order chi connectivity index (χ1) is 34.8. The average molecular weight is 1070 g/mol. The number of carbonyl (C=O) groups is 3. The van der Waals surface area contributed by atoms with Crippen LogP contribution in [0.2, 0.25) is 0 Å². The molecule has 2 heterocycles. The van der Waals surface area contributed by atoms with Crippen LogP contribution in [-0.4, -0.2) is 112 Å². The second kappa shape index (κ2) is 37.6. The predicted octanol–water partition coefficient (Wildman–Crippen LogP) is 15.4. The van der Waals surface area contributed by atoms with Gasteiger partial charge in [-0.1, -0.05) is 95.4 Å². The number of piperidine rings is 2. The van der Waals surface area contributed by atoms with Crippen LogP contribution in [0.25, 0.3) is 0 Å². The van der Waals surface area contributed by atoms with Gasteiger partial charge in [0.15, 0.2) is 6.29 Å². The van der Waals surface area contributed by atoms with Crippen LogP contribution in [0.15, 0.2) is 24.3 Å². The fourth-order valence-corrected chi connectivity index (χ4v) is 8.73. The van der Waals surface area contributed by atoms with Crippen molar-refractivity contribution in [2.75, 3.05) is 52.7 Å². The zero-order valence-electron chi connectivity index (χ0n) is 43.2. The monoisotopic (exact) mass is 1070 g/mol. The van der Waals surface area contributed by atoms with Crippen molar-refractivity contribution in [3.63, 3.8) is 0 Å². The molecular formula is C53H85F10NO9. The Balaban J connectivity index is 1.88. The first-order valence-electron chi connectivity index (χ1n) is 27.0. The van der Waals surface area contributed by atoms with E-state index in [-0.39, 0.29) is 116 Å². The van der Waals surface area contributed by atoms with Gasteiger partial charge < -0.3 is 28.4 Å². The lowest BCUT2D eigenvalue weighted by molar-refractivity contribution is -0.284. The summed E-state index contributed by atoms with van der Waals surface area (Å²) in [5, 5.41) is 0. The summed E-state index contributed by atoms with van der Waals surface area (Å²) in [6.07, 6.45) is 9.74. The summed E-state index contributed by atoms with van der Waals surface area (Å²) in [5.41, 5.74) is 0. The number of alkyl halides is 10. The first-order valence-corrected chi connectivity index (χ1v) is 27.0. The van der Waals surface area contributed by atoms with Crippen LogP contribution in [0.4, 0.5) is 48.7 Å². The van der Waals surface area contributed by atoms with Crippen molar-refractivity contribution in [1.29, 1.82) is 0 Å². The lowest BCUT2D eigenvalue weighted by Crippen LogP contribution is -2.49. The number of allylic oxidation sites excluding steroid dienone is 4. The van der Waals surface area contributed by atoms with Crippen molar-refractivity contribution in [3.8, 4) is 0 Å². The molecule has 2 rings (SSSR count). The number of fused-ring (bicyclic) bond motifs is 1. The fourth-order valence-electron chi connectivity index (χ4n) is 8.73. The molecule has 0 spiro atoms. The smallest absolute Gasteiger partial charge is 0.465 e. The van der Waals surface area contributed by atoms with Crippen LogP contribution in [-0.2, 0) is 38.0 Å². The molecule has 2 aliphatic rings. The average Bonchev–Trinajstić information content (AvgIpc) is 3.34. The molecule has 73 heavy (non-hydrogen) atoms. The van der Waals surface area contributed by atoms with Crippen LogP contribution in [0.1, 0.15) is 193 Å². The number of nitrogens with zero attached hydrogens (tertiary/aromatic N) is 1. The largest absolute Gasteiger partial charge is 0.508 e. The summed E-state index contributed by atoms with van der Waals surface area (Å²) in [6, 6.07) is 0.350. The molecule has 10 nitrogen and oxygen atoms in total. The van der Waals surface area contributed by atoms with E-state index in [0.29, 0.717) is 12.5 Å². The Morgan fingerprint density at radius 2 is 1.05 bits per heavy atom. The Hall–Kier alpha value is -3.13. The number of halogens is 10. The van der Waals surface area contributed by atoms with E-state index in [0.717, 1.165) is 90.1 Å². The maximum absolute atomic E-state index is 13.3. The van der Waals surface area contributed by atoms with Gasteiger partial charge in [-0.2, -0.15) is 43.9 Å². The highest BCUT2D eigenvalue weighted by Gasteiger charge is 2.57. The van der Waals surface area contributed by atoms with Gasteiger partial charge in [-0.25, -0.2) is 4.79 Å². The van der Waals surface area contributed by atoms with Crippen molar-refractivity contribution >= 4 is 18.1 Å². The van der Waals surface area contributed by atoms with Crippen LogP contribution < -0.4 is 0 Å². The normalized spacial score (nSPS) is 17.6. The first kappa shape index (κ1) is 66.0. The molecule has 426 valence electrons. The molecule has 3 unspecified atom stereocenters. The summed E-state index contributed by atoms with van der Waals surface area (Å²) in [6.45, 7) is 3.63. The Kier molecular flexibility index (Phi) is 34.0. The topological polar surface area (TPSA) is 110 Å². The third-order valence-corrected chi connectivity index (χ3v) is 13.2. The van der Waals surface area contributed by atoms with Crippen LogP contribution in [0.3, 0.4) is 0 Å². The minimum atomic E-state index is -5.64. The molecule has 0 aromatic heterocycles. The van der Waals surface area contributed by atoms with Gasteiger partial charge in [0.05, 0.1) is 18.9 Å². The summed E-state index contributed by atoms with van der Waals surface area (Å²) < 4.78 is 161. The van der Waals surface area contributed by atoms with Crippen molar-refractivity contribution in [1.82, 2.24) is 4.90 Å². The number of hydrogen-bond donors (Lipinski definition) is 0. The van der Waals surface area contributed by atoms with Crippen molar-refractivity contribution in [3.05, 3.63) is 24.3 Å². The predicted molar refractivity (Wildman–Crippen MR) is 257 cm³/mol. The molecule has 20 heteroatoms. The van der Waals surface area contributed by atoms with Crippen LogP contribution >= 0.6 is 0 Å². The van der Waals surface area contributed by atoms with Gasteiger partial charge in [0.2, 0.25) is 0 Å². The van der Waals surface area contributed by atoms with E-state index in [9.17, 15) is 58.3 Å². The zero-order chi connectivity index (χ0) is 53.9. The third-order valence-electron chi connectivity index (χ3n) is 13.2. The van der Waals surface area contributed by atoms with E-state index >= 15 is 0 Å². The van der Waals surface area contributed by atoms with E-state index in [1.165, 1.54) is 19.3 Å². The summed E-state index contributed by atoms with van der Waals surface area (Å²) in [4.78, 5) is 41.0. The second-order valence-corrected chi connectivity index (χ2v) is 19.5. The van der Waals surface area contributed by atoms with Crippen molar-refractivity contribution in [2.24, 2.45) is 11.8 Å². The van der Waals surface area contributed by atoms with Gasteiger partial charge in [0.1, 0.15) is 19.8 Å². The van der Waals surface area contributed by atoms with Crippen molar-refractivity contribution in [2.45, 2.75) is 230 Å². The SMILES string of the molecule is CCCCC/C=C\C/C=C\CCCCCCCC(=O)OCC(COC(=O)CCC(OCCCCCCC(F)(F)C(F)(F)F)OCCCCCCC(F)(F)C(F)(F)F)COC(=O)OCC1CCCN2CCCCC12. The maximum atomic E-state index is 13.3. The van der Waals surface area contributed by atoms with Gasteiger partial charge in [-0.15, -0.1) is 0 Å². The Morgan fingerprint density at radius 1 is 0.548 bits per heavy atom. The van der Waals surface area contributed by atoms with E-state index in [2.05, 4.69) is 36.1 Å². The second-order valence-electron chi connectivity index (χ2n) is 19.5. The van der Waals surface area contributed by atoms with Crippen molar-refractivity contribution < 1.29 is 86.7 Å². The maximum Gasteiger partial charge on any atom is 0.508 e. The summed E-state index contributed by atoms with van der Waals surface area (Å²) in [5.74, 6) is -11.3. The number of hydrogen-bond acceptors (Lipinski definition) is 10. The molecule has 0 amide bonds. The fraction of sp³-hybridized carbons (Fsp3) is 0.868. The molecule has 0 bridgehead atoms. The molecule has 0 radical (unpaired) electrons. The molecule has 0 aromatic rings. The highest BCUT2D eigenvalue weighted by molar-refractivity contribution is 5.69. The molecule has 0 N–H and O–H groups in total. The standard InChI is InChI=1S/C53H85F10NO9/c1-2-3-4-5-6-7-8-9-10-11-12-13-14-15-20-30-46(65)70-39-43(41-72-49(67)73-42-44-28-27-36-64-35-24-21-29-45(44)64)40-71-47(66)31-32-48(68-37-25-18-16-22-33-50(54,55)52(58,59)60)69-38-26-19-17-23-34-51(56,57)53(61,62)63/h6-7,9-10,43-45,48H,2-5,8,11-42H2,1H3/b7-6-,10-9-. The molecule has 3 atom stereocenters. The molecule has 2 saturated heterocycles. The molecule has 2 fully saturated rings. The molecule has 2 aliphatic heterocycles. The third kappa shape index (κ3) is 30.9. The molecular weight excluding hydrogens is 985 g/mol. The number of esters is 2. The van der Waals surface area contributed by atoms with Gasteiger partial charge in [-0.05, 0) is 103 Å². The lowest BCUT2D eigenvalue weighted by Gasteiger charge is -2.44. The Labute approximate surface area is 427 Å². The molecule has 0 saturated carbocycles. The summed E-state index contributed by atoms with van der Waals surface area (Å²) >= 11 is 0. The van der Waals surface area contributed by atoms with E-state index in [4.69, 9.17) is 28.4 Å². The summed E-state index contributed by atoms with van der Waals surface area (Å²) in [7, 11) is 0. The van der Waals surface area contributed by atoms with E-state index in [1.807, 2.05) is 0 Å². The zero-order valence-corrected chi connectivity index (χ0v) is 43.2. The van der Waals surface area contributed by atoms with Gasteiger partial charge in [0.25, 0.3) is 0 Å². The van der Waals surface area contributed by atoms with Gasteiger partial charge in [0, 0.05) is 50.9 Å². The Bertz CT molecular complexity index is 1490. The van der Waals surface area contributed by atoms with Gasteiger partial charge >= 0.3 is 42.3 Å². The number of rotatable bonds is 41. The van der Waals surface area contributed by atoms with E-state index in [1.54, 1.807) is 0 Å². The van der Waals surface area contributed by atoms with E-state index < -0.39 is 67.3 Å². The number of ether oxygens (including phenoxy) is 6. The van der Waals surface area contributed by atoms with Gasteiger partial charge in [-0.3, -0.25) is 14.5 Å².